The molecule has 156 valence electrons. The summed E-state index contributed by atoms with van der Waals surface area (Å²) in [5, 5.41) is 21.4. The summed E-state index contributed by atoms with van der Waals surface area (Å²) < 4.78 is 7.41. The minimum Gasteiger partial charge on any atom is -0.489 e. The number of aliphatic hydroxyl groups excluding tert-OH is 1. The van der Waals surface area contributed by atoms with Gasteiger partial charge in [-0.15, -0.1) is 24.0 Å². The minimum absolute atomic E-state index is 0. The first-order chi connectivity index (χ1) is 13.1. The molecule has 28 heavy (non-hydrogen) atoms. The third-order valence-corrected chi connectivity index (χ3v) is 4.37. The van der Waals surface area contributed by atoms with Gasteiger partial charge >= 0.3 is 0 Å². The van der Waals surface area contributed by atoms with Crippen LogP contribution in [0.25, 0.3) is 0 Å². The van der Waals surface area contributed by atoms with Crippen LogP contribution in [0.15, 0.2) is 41.7 Å². The first kappa shape index (κ1) is 24.8. The molecule has 0 aliphatic rings. The van der Waals surface area contributed by atoms with Crippen molar-refractivity contribution in [3.05, 3.63) is 46.7 Å². The van der Waals surface area contributed by atoms with Crippen LogP contribution < -0.4 is 15.4 Å². The van der Waals surface area contributed by atoms with E-state index >= 15 is 0 Å². The minimum atomic E-state index is -0.764. The molecule has 1 aromatic carbocycles. The molecule has 0 aliphatic carbocycles. The van der Waals surface area contributed by atoms with E-state index in [0.29, 0.717) is 21.8 Å². The molecular weight excluding hydrogens is 516 g/mol. The molecule has 0 spiro atoms. The number of hydrogen-bond acceptors (Lipinski definition) is 4. The number of benzene rings is 1. The highest BCUT2D eigenvalue weighted by atomic mass is 127. The predicted octanol–water partition coefficient (Wildman–Crippen LogP) is 3.19. The fraction of sp³-hybridized carbons (Fsp3) is 0.444. The van der Waals surface area contributed by atoms with Crippen molar-refractivity contribution >= 4 is 53.1 Å². The van der Waals surface area contributed by atoms with Gasteiger partial charge in [-0.1, -0.05) is 29.3 Å². The van der Waals surface area contributed by atoms with Crippen LogP contribution in [0, 0.1) is 0 Å². The molecule has 0 amide bonds. The molecule has 2 rings (SSSR count). The summed E-state index contributed by atoms with van der Waals surface area (Å²) in [6.07, 6.45) is 3.84. The quantitative estimate of drug-likeness (QED) is 0.186. The molecule has 7 nitrogen and oxygen atoms in total. The third-order valence-electron chi connectivity index (χ3n) is 3.57. The van der Waals surface area contributed by atoms with Gasteiger partial charge in [0.1, 0.15) is 23.5 Å². The zero-order valence-electron chi connectivity index (χ0n) is 15.6. The lowest BCUT2D eigenvalue weighted by molar-refractivity contribution is 0.114. The van der Waals surface area contributed by atoms with Gasteiger partial charge in [0.2, 0.25) is 0 Å². The van der Waals surface area contributed by atoms with Crippen LogP contribution >= 0.6 is 47.2 Å². The van der Waals surface area contributed by atoms with Crippen LogP contribution in [-0.2, 0) is 6.54 Å². The van der Waals surface area contributed by atoms with Gasteiger partial charge in [0, 0.05) is 32.0 Å². The Hall–Kier alpha value is -1.23. The van der Waals surface area contributed by atoms with Crippen LogP contribution in [0.3, 0.4) is 0 Å². The molecule has 2 aromatic rings. The molecule has 0 radical (unpaired) electrons. The number of aliphatic imine (C=N–C) groups is 1. The van der Waals surface area contributed by atoms with E-state index in [-0.39, 0.29) is 37.1 Å². The van der Waals surface area contributed by atoms with Gasteiger partial charge in [-0.3, -0.25) is 9.67 Å². The van der Waals surface area contributed by atoms with E-state index in [4.69, 9.17) is 27.9 Å². The van der Waals surface area contributed by atoms with E-state index < -0.39 is 6.10 Å². The van der Waals surface area contributed by atoms with Crippen LogP contribution in [0.4, 0.5) is 0 Å². The molecule has 1 atom stereocenters. The molecule has 1 unspecified atom stereocenters. The number of hydrogen-bond donors (Lipinski definition) is 3. The second-order valence-corrected chi connectivity index (χ2v) is 6.57. The zero-order valence-corrected chi connectivity index (χ0v) is 19.5. The molecule has 0 saturated heterocycles. The molecule has 0 aliphatic heterocycles. The Balaban J connectivity index is 0.00000392. The van der Waals surface area contributed by atoms with Crippen molar-refractivity contribution in [3.8, 4) is 5.75 Å². The van der Waals surface area contributed by atoms with Crippen molar-refractivity contribution in [2.24, 2.45) is 4.99 Å². The maximum absolute atomic E-state index is 10.1. The lowest BCUT2D eigenvalue weighted by Gasteiger charge is -2.14. The summed E-state index contributed by atoms with van der Waals surface area (Å²) in [5.74, 6) is 1.09. The maximum atomic E-state index is 10.1. The van der Waals surface area contributed by atoms with Gasteiger partial charge < -0.3 is 20.5 Å². The highest BCUT2D eigenvalue weighted by Gasteiger charge is 2.09. The summed E-state index contributed by atoms with van der Waals surface area (Å²) in [5.41, 5.74) is 0. The number of aromatic nitrogens is 2. The smallest absolute Gasteiger partial charge is 0.191 e. The molecule has 0 saturated carbocycles. The van der Waals surface area contributed by atoms with Crippen LogP contribution in [0.5, 0.6) is 5.75 Å². The molecule has 10 heteroatoms. The van der Waals surface area contributed by atoms with Gasteiger partial charge in [-0.25, -0.2) is 0 Å². The standard InChI is InChI=1S/C18H25Cl2N5O2.HI/c1-2-21-18(22-8-4-10-25-11-5-9-24-25)23-12-14(26)13-27-16-7-3-6-15(19)17(16)20;/h3,5-7,9,11,14,26H,2,4,8,10,12-13H2,1H3,(H2,21,22,23);1H. The van der Waals surface area contributed by atoms with E-state index in [2.05, 4.69) is 20.7 Å². The van der Waals surface area contributed by atoms with Crippen molar-refractivity contribution in [1.82, 2.24) is 20.4 Å². The van der Waals surface area contributed by atoms with Crippen LogP contribution in [0.2, 0.25) is 10.0 Å². The monoisotopic (exact) mass is 541 g/mol. The molecule has 0 fully saturated rings. The van der Waals surface area contributed by atoms with Gasteiger partial charge in [0.25, 0.3) is 0 Å². The fourth-order valence-corrected chi connectivity index (χ4v) is 2.60. The van der Waals surface area contributed by atoms with Gasteiger partial charge in [0.15, 0.2) is 5.96 Å². The molecule has 3 N–H and O–H groups in total. The summed E-state index contributed by atoms with van der Waals surface area (Å²) in [6, 6.07) is 7.02. The van der Waals surface area contributed by atoms with Crippen molar-refractivity contribution in [1.29, 1.82) is 0 Å². The number of rotatable bonds is 10. The largest absolute Gasteiger partial charge is 0.489 e. The van der Waals surface area contributed by atoms with Crippen molar-refractivity contribution < 1.29 is 9.84 Å². The number of aliphatic hydroxyl groups is 1. The Labute approximate surface area is 192 Å². The maximum Gasteiger partial charge on any atom is 0.191 e. The highest BCUT2D eigenvalue weighted by Crippen LogP contribution is 2.31. The fourth-order valence-electron chi connectivity index (χ4n) is 2.25. The number of halogens is 3. The lowest BCUT2D eigenvalue weighted by Crippen LogP contribution is -2.39. The zero-order chi connectivity index (χ0) is 19.5. The van der Waals surface area contributed by atoms with Gasteiger partial charge in [-0.2, -0.15) is 5.10 Å². The van der Waals surface area contributed by atoms with Crippen LogP contribution in [-0.4, -0.2) is 53.2 Å². The van der Waals surface area contributed by atoms with E-state index in [1.807, 2.05) is 23.9 Å². The highest BCUT2D eigenvalue weighted by molar-refractivity contribution is 14.0. The number of nitrogens with one attached hydrogen (secondary N) is 2. The summed E-state index contributed by atoms with van der Waals surface area (Å²) in [6.45, 7) is 4.57. The molecule has 0 bridgehead atoms. The summed E-state index contributed by atoms with van der Waals surface area (Å²) in [7, 11) is 0. The van der Waals surface area contributed by atoms with Crippen LogP contribution in [0.1, 0.15) is 13.3 Å². The Morgan fingerprint density at radius 1 is 1.32 bits per heavy atom. The van der Waals surface area contributed by atoms with E-state index in [1.165, 1.54) is 0 Å². The normalized spacial score (nSPS) is 12.2. The summed E-state index contributed by atoms with van der Waals surface area (Å²) in [4.78, 5) is 4.38. The molecule has 1 aromatic heterocycles. The second kappa shape index (κ2) is 13.9. The van der Waals surface area contributed by atoms with Gasteiger partial charge in [-0.05, 0) is 31.5 Å². The topological polar surface area (TPSA) is 83.7 Å². The Kier molecular flexibility index (Phi) is 12.3. The Morgan fingerprint density at radius 3 is 2.86 bits per heavy atom. The average molecular weight is 542 g/mol. The number of ether oxygens (including phenoxy) is 1. The van der Waals surface area contributed by atoms with E-state index in [0.717, 1.165) is 26.1 Å². The SMILES string of the molecule is CCNC(=NCC(O)COc1cccc(Cl)c1Cl)NCCCn1cccn1.I. The van der Waals surface area contributed by atoms with Crippen molar-refractivity contribution in [3.63, 3.8) is 0 Å². The predicted molar refractivity (Wildman–Crippen MR) is 124 cm³/mol. The summed E-state index contributed by atoms with van der Waals surface area (Å²) >= 11 is 12.0. The third kappa shape index (κ3) is 8.85. The number of nitrogens with zero attached hydrogens (tertiary/aromatic N) is 3. The van der Waals surface area contributed by atoms with Gasteiger partial charge in [0.05, 0.1) is 11.6 Å². The Morgan fingerprint density at radius 2 is 2.14 bits per heavy atom. The lowest BCUT2D eigenvalue weighted by atomic mass is 10.3. The molecule has 1 heterocycles. The average Bonchev–Trinajstić information content (AvgIpc) is 3.17. The second-order valence-electron chi connectivity index (χ2n) is 5.79. The number of guanidine groups is 1. The first-order valence-corrected chi connectivity index (χ1v) is 9.60. The van der Waals surface area contributed by atoms with Crippen molar-refractivity contribution in [2.75, 3.05) is 26.2 Å². The van der Waals surface area contributed by atoms with E-state index in [9.17, 15) is 5.11 Å². The van der Waals surface area contributed by atoms with Crippen molar-refractivity contribution in [2.45, 2.75) is 26.0 Å². The number of aryl methyl sites for hydroxylation is 1. The van der Waals surface area contributed by atoms with E-state index in [1.54, 1.807) is 24.4 Å². The first-order valence-electron chi connectivity index (χ1n) is 8.84. The Bertz CT molecular complexity index is 716. The molecular formula is C18H26Cl2IN5O2.